The number of aromatic nitrogens is 4. The van der Waals surface area contributed by atoms with Gasteiger partial charge < -0.3 is 14.8 Å². The number of hydrogen-bond donors (Lipinski definition) is 1. The van der Waals surface area contributed by atoms with Gasteiger partial charge in [0.05, 0.1) is 12.8 Å². The van der Waals surface area contributed by atoms with Gasteiger partial charge in [-0.1, -0.05) is 12.1 Å². The van der Waals surface area contributed by atoms with Crippen molar-refractivity contribution < 1.29 is 14.3 Å². The summed E-state index contributed by atoms with van der Waals surface area (Å²) >= 11 is 0. The number of hydrogen-bond acceptors (Lipinski definition) is 6. The Bertz CT molecular complexity index is 1210. The SMILES string of the molecule is COc1ccc(/C=C/C(=O)Nc2ccc(Oc3ccc(-n4ccc(C)n4)nn3)cc2)cc1. The smallest absolute Gasteiger partial charge is 0.248 e. The highest BCUT2D eigenvalue weighted by molar-refractivity contribution is 6.01. The first kappa shape index (κ1) is 20.8. The van der Waals surface area contributed by atoms with E-state index in [0.717, 1.165) is 17.0 Å². The standard InChI is InChI=1S/C24H21N5O3/c1-17-15-16-29(28-17)22-12-14-24(27-26-22)32-21-10-6-19(7-11-21)25-23(30)13-5-18-3-8-20(31-2)9-4-18/h3-16H,1-2H3,(H,25,30)/b13-5+. The molecule has 0 atom stereocenters. The van der Waals surface area contributed by atoms with Crippen LogP contribution in [0.4, 0.5) is 5.69 Å². The Morgan fingerprint density at radius 3 is 2.31 bits per heavy atom. The molecule has 0 aliphatic heterocycles. The molecule has 4 rings (SSSR count). The molecule has 8 heteroatoms. The zero-order chi connectivity index (χ0) is 22.3. The average Bonchev–Trinajstić information content (AvgIpc) is 3.26. The lowest BCUT2D eigenvalue weighted by Crippen LogP contribution is -2.07. The fourth-order valence-electron chi connectivity index (χ4n) is 2.83. The maximum atomic E-state index is 12.2. The first-order chi connectivity index (χ1) is 15.6. The Morgan fingerprint density at radius 1 is 0.938 bits per heavy atom. The van der Waals surface area contributed by atoms with Gasteiger partial charge >= 0.3 is 0 Å². The van der Waals surface area contributed by atoms with Crippen LogP contribution in [0.5, 0.6) is 17.4 Å². The fourth-order valence-corrected chi connectivity index (χ4v) is 2.83. The van der Waals surface area contributed by atoms with Crippen molar-refractivity contribution in [3.63, 3.8) is 0 Å². The summed E-state index contributed by atoms with van der Waals surface area (Å²) in [6.07, 6.45) is 5.03. The van der Waals surface area contributed by atoms with Gasteiger partial charge in [-0.3, -0.25) is 4.79 Å². The molecule has 2 heterocycles. The summed E-state index contributed by atoms with van der Waals surface area (Å²) < 4.78 is 12.5. The molecule has 2 aromatic heterocycles. The number of anilines is 1. The lowest BCUT2D eigenvalue weighted by molar-refractivity contribution is -0.111. The van der Waals surface area contributed by atoms with Crippen LogP contribution in [0.1, 0.15) is 11.3 Å². The Kier molecular flexibility index (Phi) is 6.22. The van der Waals surface area contributed by atoms with Crippen molar-refractivity contribution in [1.82, 2.24) is 20.0 Å². The van der Waals surface area contributed by atoms with Crippen molar-refractivity contribution in [2.75, 3.05) is 12.4 Å². The molecular weight excluding hydrogens is 406 g/mol. The maximum absolute atomic E-state index is 12.2. The van der Waals surface area contributed by atoms with Crippen LogP contribution in [-0.4, -0.2) is 33.0 Å². The Balaban J connectivity index is 1.32. The zero-order valence-corrected chi connectivity index (χ0v) is 17.6. The fraction of sp³-hybridized carbons (Fsp3) is 0.0833. The van der Waals surface area contributed by atoms with Crippen molar-refractivity contribution in [3.8, 4) is 23.2 Å². The van der Waals surface area contributed by atoms with Crippen LogP contribution in [-0.2, 0) is 4.79 Å². The molecule has 160 valence electrons. The van der Waals surface area contributed by atoms with Gasteiger partial charge in [0.15, 0.2) is 5.82 Å². The summed E-state index contributed by atoms with van der Waals surface area (Å²) in [4.78, 5) is 12.2. The number of aryl methyl sites for hydroxylation is 1. The van der Waals surface area contributed by atoms with E-state index >= 15 is 0 Å². The van der Waals surface area contributed by atoms with E-state index in [1.807, 2.05) is 43.5 Å². The summed E-state index contributed by atoms with van der Waals surface area (Å²) in [5.41, 5.74) is 2.45. The number of amides is 1. The van der Waals surface area contributed by atoms with E-state index < -0.39 is 0 Å². The largest absolute Gasteiger partial charge is 0.497 e. The van der Waals surface area contributed by atoms with Crippen molar-refractivity contribution >= 4 is 17.7 Å². The summed E-state index contributed by atoms with van der Waals surface area (Å²) in [6.45, 7) is 1.91. The normalized spacial score (nSPS) is 10.8. The molecule has 0 aliphatic carbocycles. The number of carbonyl (C=O) groups excluding carboxylic acids is 1. The second kappa shape index (κ2) is 9.57. The third-order valence-electron chi connectivity index (χ3n) is 4.47. The predicted octanol–water partition coefficient (Wildman–Crippen LogP) is 4.42. The van der Waals surface area contributed by atoms with Crippen LogP contribution < -0.4 is 14.8 Å². The number of benzene rings is 2. The monoisotopic (exact) mass is 427 g/mol. The van der Waals surface area contributed by atoms with Gasteiger partial charge in [-0.15, -0.1) is 10.2 Å². The van der Waals surface area contributed by atoms with E-state index in [1.54, 1.807) is 54.3 Å². The number of nitrogens with one attached hydrogen (secondary N) is 1. The molecule has 4 aromatic rings. The molecule has 1 amide bonds. The van der Waals surface area contributed by atoms with Gasteiger partial charge in [-0.05, 0) is 67.1 Å². The molecule has 0 radical (unpaired) electrons. The highest BCUT2D eigenvalue weighted by atomic mass is 16.5. The topological polar surface area (TPSA) is 91.2 Å². The number of carbonyl (C=O) groups is 1. The van der Waals surface area contributed by atoms with Crippen molar-refractivity contribution in [2.24, 2.45) is 0 Å². The Morgan fingerprint density at radius 2 is 1.69 bits per heavy atom. The van der Waals surface area contributed by atoms with Crippen molar-refractivity contribution in [3.05, 3.63) is 90.3 Å². The van der Waals surface area contributed by atoms with Crippen LogP contribution in [0, 0.1) is 6.92 Å². The Labute approximate surface area is 185 Å². The molecule has 0 unspecified atom stereocenters. The minimum atomic E-state index is -0.232. The third kappa shape index (κ3) is 5.37. The average molecular weight is 427 g/mol. The second-order valence-corrected chi connectivity index (χ2v) is 6.85. The second-order valence-electron chi connectivity index (χ2n) is 6.85. The Hall–Kier alpha value is -4.46. The highest BCUT2D eigenvalue weighted by Gasteiger charge is 2.05. The van der Waals surface area contributed by atoms with Gasteiger partial charge in [-0.25, -0.2) is 4.68 Å². The van der Waals surface area contributed by atoms with Crippen LogP contribution in [0.15, 0.2) is 79.0 Å². The first-order valence-electron chi connectivity index (χ1n) is 9.86. The predicted molar refractivity (Wildman–Crippen MR) is 121 cm³/mol. The lowest BCUT2D eigenvalue weighted by atomic mass is 10.2. The number of ether oxygens (including phenoxy) is 2. The molecule has 8 nitrogen and oxygen atoms in total. The van der Waals surface area contributed by atoms with Crippen LogP contribution in [0.3, 0.4) is 0 Å². The van der Waals surface area contributed by atoms with E-state index in [0.29, 0.717) is 23.1 Å². The van der Waals surface area contributed by atoms with Crippen molar-refractivity contribution in [2.45, 2.75) is 6.92 Å². The molecular formula is C24H21N5O3. The van der Waals surface area contributed by atoms with Gasteiger partial charge in [-0.2, -0.15) is 5.10 Å². The molecule has 1 N–H and O–H groups in total. The minimum absolute atomic E-state index is 0.232. The zero-order valence-electron chi connectivity index (χ0n) is 17.6. The molecule has 32 heavy (non-hydrogen) atoms. The number of methoxy groups -OCH3 is 1. The van der Waals surface area contributed by atoms with Crippen LogP contribution in [0.25, 0.3) is 11.9 Å². The van der Waals surface area contributed by atoms with Gasteiger partial charge in [0.1, 0.15) is 11.5 Å². The van der Waals surface area contributed by atoms with Gasteiger partial charge in [0, 0.05) is 24.0 Å². The molecule has 0 aliphatic rings. The number of rotatable bonds is 7. The van der Waals surface area contributed by atoms with E-state index in [2.05, 4.69) is 20.6 Å². The third-order valence-corrected chi connectivity index (χ3v) is 4.47. The van der Waals surface area contributed by atoms with E-state index in [1.165, 1.54) is 6.08 Å². The molecule has 0 saturated heterocycles. The van der Waals surface area contributed by atoms with E-state index in [4.69, 9.17) is 9.47 Å². The summed E-state index contributed by atoms with van der Waals surface area (Å²) in [5.74, 6) is 2.07. The maximum Gasteiger partial charge on any atom is 0.248 e. The molecule has 0 bridgehead atoms. The summed E-state index contributed by atoms with van der Waals surface area (Å²) in [5, 5.41) is 15.3. The molecule has 0 fully saturated rings. The first-order valence-corrected chi connectivity index (χ1v) is 9.86. The van der Waals surface area contributed by atoms with Gasteiger partial charge in [0.2, 0.25) is 11.8 Å². The van der Waals surface area contributed by atoms with Crippen LogP contribution in [0.2, 0.25) is 0 Å². The quantitative estimate of drug-likeness (QED) is 0.439. The van der Waals surface area contributed by atoms with Crippen molar-refractivity contribution in [1.29, 1.82) is 0 Å². The minimum Gasteiger partial charge on any atom is -0.497 e. The highest BCUT2D eigenvalue weighted by Crippen LogP contribution is 2.21. The summed E-state index contributed by atoms with van der Waals surface area (Å²) in [7, 11) is 1.61. The molecule has 2 aromatic carbocycles. The van der Waals surface area contributed by atoms with Crippen LogP contribution >= 0.6 is 0 Å². The number of nitrogens with zero attached hydrogens (tertiary/aromatic N) is 4. The van der Waals surface area contributed by atoms with E-state index in [9.17, 15) is 4.79 Å². The van der Waals surface area contributed by atoms with E-state index in [-0.39, 0.29) is 5.91 Å². The molecule has 0 spiro atoms. The summed E-state index contributed by atoms with van der Waals surface area (Å²) in [6, 6.07) is 19.8. The lowest BCUT2D eigenvalue weighted by Gasteiger charge is -2.07. The van der Waals surface area contributed by atoms with Gasteiger partial charge in [0.25, 0.3) is 0 Å². The molecule has 0 saturated carbocycles.